The average Bonchev–Trinajstić information content (AvgIpc) is 3.69. The molecular formula is C49H35NO2S. The van der Waals surface area contributed by atoms with Crippen LogP contribution in [0.3, 0.4) is 0 Å². The first-order valence-corrected chi connectivity index (χ1v) is 18.8. The number of benzene rings is 7. The van der Waals surface area contributed by atoms with E-state index >= 15 is 0 Å². The summed E-state index contributed by atoms with van der Waals surface area (Å²) < 4.78 is 13.7. The second-order valence-electron chi connectivity index (χ2n) is 14.1. The molecule has 1 aliphatic carbocycles. The van der Waals surface area contributed by atoms with Crippen LogP contribution in [0.4, 0.5) is 16.4 Å². The standard InChI is InChI=1S/C49H35NO2S/c1-49(2)40-23-13-12-22-37(40)38-28-27-36(31-41(38)49)50(42-29-26-35(32-16-6-3-7-17-32)30-39(42)33-18-8-4-9-19-33)48-46-45(47(53-48)34-20-10-5-11-21-34)51-43-24-14-15-25-44(43)52-46/h3-31H,1-2H3. The van der Waals surface area contributed by atoms with E-state index in [4.69, 9.17) is 9.47 Å². The van der Waals surface area contributed by atoms with Crippen LogP contribution in [0.15, 0.2) is 176 Å². The smallest absolute Gasteiger partial charge is 0.205 e. The molecule has 2 heterocycles. The highest BCUT2D eigenvalue weighted by atomic mass is 32.1. The molecule has 0 fully saturated rings. The molecule has 53 heavy (non-hydrogen) atoms. The van der Waals surface area contributed by atoms with Crippen LogP contribution in [0, 0.1) is 0 Å². The van der Waals surface area contributed by atoms with E-state index in [1.807, 2.05) is 30.3 Å². The van der Waals surface area contributed by atoms with Crippen LogP contribution in [0.1, 0.15) is 25.0 Å². The molecule has 0 unspecified atom stereocenters. The zero-order valence-electron chi connectivity index (χ0n) is 29.4. The number of hydrogen-bond donors (Lipinski definition) is 0. The van der Waals surface area contributed by atoms with Gasteiger partial charge in [-0.1, -0.05) is 153 Å². The molecule has 3 nitrogen and oxygen atoms in total. The summed E-state index contributed by atoms with van der Waals surface area (Å²) in [6.07, 6.45) is 0. The van der Waals surface area contributed by atoms with Crippen LogP contribution in [-0.4, -0.2) is 0 Å². The maximum atomic E-state index is 6.90. The van der Waals surface area contributed by atoms with Gasteiger partial charge in [-0.2, -0.15) is 0 Å². The van der Waals surface area contributed by atoms with Crippen molar-refractivity contribution in [3.8, 4) is 66.8 Å². The highest BCUT2D eigenvalue weighted by Gasteiger charge is 2.38. The normalized spacial score (nSPS) is 13.2. The van der Waals surface area contributed by atoms with Crippen molar-refractivity contribution >= 4 is 27.7 Å². The molecule has 7 aromatic carbocycles. The van der Waals surface area contributed by atoms with E-state index in [9.17, 15) is 0 Å². The molecule has 0 amide bonds. The summed E-state index contributed by atoms with van der Waals surface area (Å²) in [6.45, 7) is 4.68. The van der Waals surface area contributed by atoms with Gasteiger partial charge in [-0.25, -0.2) is 0 Å². The fraction of sp³-hybridized carbons (Fsp3) is 0.0612. The monoisotopic (exact) mass is 701 g/mol. The van der Waals surface area contributed by atoms with Crippen molar-refractivity contribution in [1.29, 1.82) is 0 Å². The van der Waals surface area contributed by atoms with E-state index in [0.29, 0.717) is 17.2 Å². The van der Waals surface area contributed by atoms with Crippen molar-refractivity contribution in [3.63, 3.8) is 0 Å². The van der Waals surface area contributed by atoms with Crippen molar-refractivity contribution in [3.05, 3.63) is 187 Å². The fourth-order valence-corrected chi connectivity index (χ4v) is 9.12. The summed E-state index contributed by atoms with van der Waals surface area (Å²) in [5.74, 6) is 2.85. The molecule has 10 rings (SSSR count). The van der Waals surface area contributed by atoms with Gasteiger partial charge < -0.3 is 9.47 Å². The number of ether oxygens (including phenoxy) is 2. The lowest BCUT2D eigenvalue weighted by Gasteiger charge is -2.30. The molecule has 0 atom stereocenters. The summed E-state index contributed by atoms with van der Waals surface area (Å²) in [4.78, 5) is 3.41. The summed E-state index contributed by atoms with van der Waals surface area (Å²) >= 11 is 1.70. The maximum Gasteiger partial charge on any atom is 0.205 e. The quantitative estimate of drug-likeness (QED) is 0.172. The molecule has 8 aromatic rings. The van der Waals surface area contributed by atoms with Crippen molar-refractivity contribution in [2.24, 2.45) is 0 Å². The van der Waals surface area contributed by atoms with Gasteiger partial charge >= 0.3 is 0 Å². The topological polar surface area (TPSA) is 21.7 Å². The third-order valence-electron chi connectivity index (χ3n) is 10.6. The molecule has 0 N–H and O–H groups in total. The first kappa shape index (κ1) is 31.4. The minimum absolute atomic E-state index is 0.171. The van der Waals surface area contributed by atoms with Gasteiger partial charge in [0.2, 0.25) is 5.75 Å². The molecule has 4 heteroatoms. The van der Waals surface area contributed by atoms with Crippen LogP contribution in [-0.2, 0) is 5.41 Å². The first-order chi connectivity index (χ1) is 26.0. The third kappa shape index (κ3) is 5.17. The number of para-hydroxylation sites is 2. The Morgan fingerprint density at radius 3 is 1.75 bits per heavy atom. The van der Waals surface area contributed by atoms with E-state index in [-0.39, 0.29) is 5.41 Å². The minimum atomic E-state index is -0.171. The second kappa shape index (κ2) is 12.4. The number of rotatable bonds is 6. The Bertz CT molecular complexity index is 2640. The Balaban J connectivity index is 1.26. The molecule has 0 saturated heterocycles. The van der Waals surface area contributed by atoms with Gasteiger partial charge in [0.05, 0.1) is 10.6 Å². The lowest BCUT2D eigenvalue weighted by Crippen LogP contribution is -2.17. The fourth-order valence-electron chi connectivity index (χ4n) is 7.92. The van der Waals surface area contributed by atoms with Crippen LogP contribution >= 0.6 is 11.3 Å². The molecule has 0 spiro atoms. The van der Waals surface area contributed by atoms with Crippen molar-refractivity contribution in [2.45, 2.75) is 19.3 Å². The molecule has 2 aliphatic rings. The Morgan fingerprint density at radius 1 is 0.453 bits per heavy atom. The van der Waals surface area contributed by atoms with Crippen molar-refractivity contribution in [2.75, 3.05) is 4.90 Å². The number of anilines is 3. The summed E-state index contributed by atoms with van der Waals surface area (Å²) in [5.41, 5.74) is 12.8. The molecule has 0 bridgehead atoms. The molecule has 0 radical (unpaired) electrons. The van der Waals surface area contributed by atoms with Gasteiger partial charge in [-0.15, -0.1) is 11.3 Å². The molecule has 1 aromatic heterocycles. The van der Waals surface area contributed by atoms with E-state index in [2.05, 4.69) is 164 Å². The lowest BCUT2D eigenvalue weighted by atomic mass is 9.82. The minimum Gasteiger partial charge on any atom is -0.448 e. The van der Waals surface area contributed by atoms with Gasteiger partial charge in [0.1, 0.15) is 5.00 Å². The lowest BCUT2D eigenvalue weighted by molar-refractivity contribution is 0.364. The first-order valence-electron chi connectivity index (χ1n) is 18.0. The molecule has 254 valence electrons. The number of hydrogen-bond acceptors (Lipinski definition) is 4. The third-order valence-corrected chi connectivity index (χ3v) is 11.8. The molecule has 0 saturated carbocycles. The largest absolute Gasteiger partial charge is 0.448 e. The predicted octanol–water partition coefficient (Wildman–Crippen LogP) is 14.4. The maximum absolute atomic E-state index is 6.90. The predicted molar refractivity (Wildman–Crippen MR) is 219 cm³/mol. The van der Waals surface area contributed by atoms with Gasteiger partial charge in [0, 0.05) is 16.7 Å². The highest BCUT2D eigenvalue weighted by molar-refractivity contribution is 7.20. The Morgan fingerprint density at radius 2 is 1.04 bits per heavy atom. The highest BCUT2D eigenvalue weighted by Crippen LogP contribution is 2.62. The second-order valence-corrected chi connectivity index (χ2v) is 15.1. The SMILES string of the molecule is CC1(C)c2ccccc2-c2ccc(N(c3ccc(-c4ccccc4)cc3-c3ccccc3)c3sc(-c4ccccc4)c4c3Oc3ccccc3O4)cc21. The van der Waals surface area contributed by atoms with E-state index in [0.717, 1.165) is 49.3 Å². The molecular weight excluding hydrogens is 667 g/mol. The van der Waals surface area contributed by atoms with Gasteiger partial charge in [-0.05, 0) is 80.9 Å². The molecule has 1 aliphatic heterocycles. The Labute approximate surface area is 314 Å². The number of fused-ring (bicyclic) bond motifs is 5. The van der Waals surface area contributed by atoms with Gasteiger partial charge in [0.25, 0.3) is 0 Å². The van der Waals surface area contributed by atoms with Crippen LogP contribution in [0.2, 0.25) is 0 Å². The number of nitrogens with zero attached hydrogens (tertiary/aromatic N) is 1. The van der Waals surface area contributed by atoms with Crippen LogP contribution in [0.5, 0.6) is 23.0 Å². The average molecular weight is 702 g/mol. The van der Waals surface area contributed by atoms with E-state index in [1.54, 1.807) is 11.3 Å². The van der Waals surface area contributed by atoms with Crippen molar-refractivity contribution < 1.29 is 9.47 Å². The number of thiophene rings is 1. The zero-order valence-corrected chi connectivity index (χ0v) is 30.2. The summed E-state index contributed by atoms with van der Waals surface area (Å²) in [5, 5.41) is 0.950. The van der Waals surface area contributed by atoms with E-state index < -0.39 is 0 Å². The summed E-state index contributed by atoms with van der Waals surface area (Å²) in [7, 11) is 0. The Hall–Kier alpha value is -6.36. The van der Waals surface area contributed by atoms with Gasteiger partial charge in [0.15, 0.2) is 17.2 Å². The summed E-state index contributed by atoms with van der Waals surface area (Å²) in [6, 6.07) is 62.3. The zero-order chi connectivity index (χ0) is 35.5. The van der Waals surface area contributed by atoms with Crippen LogP contribution < -0.4 is 14.4 Å². The Kier molecular flexibility index (Phi) is 7.34. The van der Waals surface area contributed by atoms with E-state index in [1.165, 1.54) is 27.8 Å². The van der Waals surface area contributed by atoms with Gasteiger partial charge in [-0.3, -0.25) is 4.90 Å². The van der Waals surface area contributed by atoms with Crippen LogP contribution in [0.25, 0.3) is 43.8 Å². The van der Waals surface area contributed by atoms with Crippen molar-refractivity contribution in [1.82, 2.24) is 0 Å².